The van der Waals surface area contributed by atoms with Crippen LogP contribution in [-0.2, 0) is 10.2 Å². The zero-order valence-corrected chi connectivity index (χ0v) is 11.4. The van der Waals surface area contributed by atoms with E-state index in [-0.39, 0.29) is 17.8 Å². The number of hydrogen-bond donors (Lipinski definition) is 2. The summed E-state index contributed by atoms with van der Waals surface area (Å²) < 4.78 is 13.2. The van der Waals surface area contributed by atoms with Gasteiger partial charge in [-0.15, -0.1) is 0 Å². The third-order valence-corrected chi connectivity index (χ3v) is 4.63. The lowest BCUT2D eigenvalue weighted by Crippen LogP contribution is -2.39. The molecule has 21 heavy (non-hydrogen) atoms. The molecule has 0 aliphatic carbocycles. The lowest BCUT2D eigenvalue weighted by molar-refractivity contribution is -0.121. The van der Waals surface area contributed by atoms with Crippen LogP contribution in [-0.4, -0.2) is 12.5 Å². The van der Waals surface area contributed by atoms with Gasteiger partial charge in [0, 0.05) is 5.69 Å². The van der Waals surface area contributed by atoms with Crippen molar-refractivity contribution in [2.24, 2.45) is 0 Å². The molecule has 2 aromatic rings. The Bertz CT molecular complexity index is 713. The maximum Gasteiger partial charge on any atom is 0.237 e. The molecule has 3 nitrogen and oxygen atoms in total. The molecule has 2 N–H and O–H groups in total. The van der Waals surface area contributed by atoms with E-state index >= 15 is 0 Å². The summed E-state index contributed by atoms with van der Waals surface area (Å²) >= 11 is 0. The molecular weight excluding hydrogens is 267 g/mol. The molecule has 4 heteroatoms. The van der Waals surface area contributed by atoms with Crippen LogP contribution in [0.25, 0.3) is 0 Å². The van der Waals surface area contributed by atoms with E-state index in [1.807, 2.05) is 24.3 Å². The Balaban J connectivity index is 1.86. The van der Waals surface area contributed by atoms with Gasteiger partial charge in [0.15, 0.2) is 0 Å². The summed E-state index contributed by atoms with van der Waals surface area (Å²) in [5.41, 5.74) is 2.28. The number of benzene rings is 2. The Kier molecular flexibility index (Phi) is 2.62. The van der Waals surface area contributed by atoms with Gasteiger partial charge in [0.2, 0.25) is 5.91 Å². The van der Waals surface area contributed by atoms with Crippen LogP contribution in [0.4, 0.5) is 10.1 Å². The van der Waals surface area contributed by atoms with Crippen molar-refractivity contribution in [2.45, 2.75) is 17.9 Å². The molecule has 2 heterocycles. The Labute approximate surface area is 122 Å². The van der Waals surface area contributed by atoms with Crippen molar-refractivity contribution in [3.63, 3.8) is 0 Å². The number of halogens is 1. The van der Waals surface area contributed by atoms with Crippen molar-refractivity contribution in [1.29, 1.82) is 0 Å². The summed E-state index contributed by atoms with van der Waals surface area (Å²) in [6.45, 7) is 0.768. The fourth-order valence-corrected chi connectivity index (χ4v) is 3.66. The average Bonchev–Trinajstić information content (AvgIpc) is 3.05. The summed E-state index contributed by atoms with van der Waals surface area (Å²) in [5.74, 6) is -0.231. The first-order valence-electron chi connectivity index (χ1n) is 7.11. The number of hydrogen-bond acceptors (Lipinski definition) is 2. The zero-order valence-electron chi connectivity index (χ0n) is 11.4. The number of rotatable bonds is 1. The van der Waals surface area contributed by atoms with Crippen molar-refractivity contribution in [3.8, 4) is 0 Å². The van der Waals surface area contributed by atoms with Gasteiger partial charge in [0.05, 0.1) is 11.5 Å². The summed E-state index contributed by atoms with van der Waals surface area (Å²) in [6.07, 6.45) is 0.748. The van der Waals surface area contributed by atoms with Crippen molar-refractivity contribution in [2.75, 3.05) is 11.9 Å². The van der Waals surface area contributed by atoms with Gasteiger partial charge in [0.25, 0.3) is 0 Å². The molecule has 0 aromatic heterocycles. The minimum absolute atomic E-state index is 0.0306. The van der Waals surface area contributed by atoms with Crippen LogP contribution in [0.1, 0.15) is 23.6 Å². The van der Waals surface area contributed by atoms with Crippen LogP contribution in [0.3, 0.4) is 0 Å². The first-order valence-corrected chi connectivity index (χ1v) is 7.11. The minimum Gasteiger partial charge on any atom is -0.325 e. The quantitative estimate of drug-likeness (QED) is 0.844. The highest BCUT2D eigenvalue weighted by atomic mass is 19.1. The lowest BCUT2D eigenvalue weighted by atomic mass is 9.73. The van der Waals surface area contributed by atoms with Gasteiger partial charge in [0.1, 0.15) is 5.82 Å². The van der Waals surface area contributed by atoms with E-state index in [0.717, 1.165) is 29.8 Å². The molecule has 106 valence electrons. The maximum atomic E-state index is 13.2. The van der Waals surface area contributed by atoms with Crippen LogP contribution in [0.2, 0.25) is 0 Å². The van der Waals surface area contributed by atoms with Crippen LogP contribution >= 0.6 is 0 Å². The normalized spacial score (nSPS) is 26.9. The van der Waals surface area contributed by atoms with Crippen LogP contribution in [0.5, 0.6) is 0 Å². The number of carbonyl (C=O) groups is 1. The smallest absolute Gasteiger partial charge is 0.237 e. The molecule has 2 aliphatic rings. The summed E-state index contributed by atoms with van der Waals surface area (Å²) in [4.78, 5) is 12.7. The third kappa shape index (κ3) is 1.66. The Morgan fingerprint density at radius 1 is 1.10 bits per heavy atom. The van der Waals surface area contributed by atoms with Crippen molar-refractivity contribution in [1.82, 2.24) is 5.32 Å². The standard InChI is InChI=1S/C17H15FN2O/c18-12-7-5-11(6-8-12)15-17(9-10-19-15)13-3-1-2-4-14(13)20-16(17)21/h1-8,15,19H,9-10H2,(H,20,21)/t15-,17-/m0/s1. The van der Waals surface area contributed by atoms with Crippen LogP contribution < -0.4 is 10.6 Å². The Morgan fingerprint density at radius 2 is 1.86 bits per heavy atom. The molecule has 1 saturated heterocycles. The molecule has 2 atom stereocenters. The third-order valence-electron chi connectivity index (χ3n) is 4.63. The molecule has 2 aromatic carbocycles. The van der Waals surface area contributed by atoms with Gasteiger partial charge in [-0.1, -0.05) is 30.3 Å². The molecule has 0 radical (unpaired) electrons. The predicted molar refractivity (Wildman–Crippen MR) is 78.5 cm³/mol. The minimum atomic E-state index is -0.589. The summed E-state index contributed by atoms with van der Waals surface area (Å²) in [5, 5.41) is 6.40. The van der Waals surface area contributed by atoms with Crippen molar-refractivity contribution >= 4 is 11.6 Å². The van der Waals surface area contributed by atoms with E-state index in [1.54, 1.807) is 12.1 Å². The number of fused-ring (bicyclic) bond motifs is 2. The van der Waals surface area contributed by atoms with Crippen molar-refractivity contribution in [3.05, 3.63) is 65.5 Å². The molecule has 1 fully saturated rings. The number of carbonyl (C=O) groups excluding carboxylic acids is 1. The Morgan fingerprint density at radius 3 is 2.67 bits per heavy atom. The number of amides is 1. The molecule has 1 amide bonds. The molecule has 1 spiro atoms. The van der Waals surface area contributed by atoms with E-state index in [0.29, 0.717) is 0 Å². The molecular formula is C17H15FN2O. The highest BCUT2D eigenvalue weighted by Gasteiger charge is 2.55. The SMILES string of the molecule is O=C1Nc2ccccc2[C@]12CCN[C@H]2c1ccc(F)cc1. The lowest BCUT2D eigenvalue weighted by Gasteiger charge is -2.29. The molecule has 0 saturated carbocycles. The second kappa shape index (κ2) is 4.40. The van der Waals surface area contributed by atoms with Gasteiger partial charge < -0.3 is 10.6 Å². The summed E-state index contributed by atoms with van der Waals surface area (Å²) in [6, 6.07) is 14.1. The van der Waals surface area contributed by atoms with Gasteiger partial charge >= 0.3 is 0 Å². The van der Waals surface area contributed by atoms with E-state index in [1.165, 1.54) is 12.1 Å². The first-order chi connectivity index (χ1) is 10.2. The highest BCUT2D eigenvalue weighted by Crippen LogP contribution is 2.50. The molecule has 2 aliphatic heterocycles. The predicted octanol–water partition coefficient (Wildman–Crippen LogP) is 2.75. The number of para-hydroxylation sites is 1. The molecule has 0 bridgehead atoms. The number of nitrogens with one attached hydrogen (secondary N) is 2. The second-order valence-electron chi connectivity index (χ2n) is 5.66. The van der Waals surface area contributed by atoms with Gasteiger partial charge in [-0.3, -0.25) is 4.79 Å². The Hall–Kier alpha value is -2.20. The monoisotopic (exact) mass is 282 g/mol. The van der Waals surface area contributed by atoms with Crippen LogP contribution in [0, 0.1) is 5.82 Å². The van der Waals surface area contributed by atoms with Gasteiger partial charge in [-0.05, 0) is 42.3 Å². The fraction of sp³-hybridized carbons (Fsp3) is 0.235. The largest absolute Gasteiger partial charge is 0.325 e. The zero-order chi connectivity index (χ0) is 14.4. The topological polar surface area (TPSA) is 41.1 Å². The first kappa shape index (κ1) is 12.5. The number of anilines is 1. The average molecular weight is 282 g/mol. The highest BCUT2D eigenvalue weighted by molar-refractivity contribution is 6.07. The van der Waals surface area contributed by atoms with Gasteiger partial charge in [-0.25, -0.2) is 4.39 Å². The van der Waals surface area contributed by atoms with E-state index in [2.05, 4.69) is 10.6 Å². The fourth-order valence-electron chi connectivity index (χ4n) is 3.66. The van der Waals surface area contributed by atoms with E-state index < -0.39 is 5.41 Å². The van der Waals surface area contributed by atoms with E-state index in [4.69, 9.17) is 0 Å². The molecule has 0 unspecified atom stereocenters. The van der Waals surface area contributed by atoms with Crippen LogP contribution in [0.15, 0.2) is 48.5 Å². The molecule has 4 rings (SSSR count). The van der Waals surface area contributed by atoms with Crippen molar-refractivity contribution < 1.29 is 9.18 Å². The second-order valence-corrected chi connectivity index (χ2v) is 5.66. The van der Waals surface area contributed by atoms with E-state index in [9.17, 15) is 9.18 Å². The maximum absolute atomic E-state index is 13.2. The van der Waals surface area contributed by atoms with Gasteiger partial charge in [-0.2, -0.15) is 0 Å². The summed E-state index contributed by atoms with van der Waals surface area (Å²) in [7, 11) is 0.